The SMILES string of the molecule is CC1CC(c2ccc(F)c(N(Cc3cc(C(N)=O)c(=O)n(CC(F)(F)F)c3)CC(C)(C)O)c2)(c2nncn2C)C1. The Balaban J connectivity index is 1.82. The molecule has 1 amide bonds. The highest BCUT2D eigenvalue weighted by atomic mass is 19.4. The van der Waals surface area contributed by atoms with Crippen molar-refractivity contribution in [3.05, 3.63) is 75.5 Å². The number of primary amides is 1. The van der Waals surface area contributed by atoms with Crippen LogP contribution in [-0.2, 0) is 25.6 Å². The third kappa shape index (κ3) is 6.03. The molecule has 3 aromatic rings. The van der Waals surface area contributed by atoms with E-state index < -0.39 is 46.6 Å². The average Bonchev–Trinajstić information content (AvgIpc) is 3.22. The summed E-state index contributed by atoms with van der Waals surface area (Å²) < 4.78 is 57.2. The van der Waals surface area contributed by atoms with Crippen LogP contribution in [0.15, 0.2) is 41.6 Å². The fourth-order valence-electron chi connectivity index (χ4n) is 5.63. The lowest BCUT2D eigenvalue weighted by Gasteiger charge is -2.46. The zero-order valence-electron chi connectivity index (χ0n) is 22.7. The number of amides is 1. The standard InChI is InChI=1S/C27H32F4N6O3/c1-16-9-26(10-16,24-34-33-15-35(24)4)18-5-6-20(28)21(8-18)36(13-25(2,3)40)11-17-7-19(22(32)38)23(39)37(12-17)14-27(29,30)31/h5-8,12,15-16,40H,9-11,13-14H2,1-4H3,(H2,32,38). The highest BCUT2D eigenvalue weighted by molar-refractivity contribution is 5.92. The third-order valence-corrected chi connectivity index (χ3v) is 7.08. The number of benzene rings is 1. The zero-order valence-corrected chi connectivity index (χ0v) is 22.7. The van der Waals surface area contributed by atoms with Gasteiger partial charge in [0.05, 0.1) is 16.7 Å². The van der Waals surface area contributed by atoms with Crippen LogP contribution < -0.4 is 16.2 Å². The number of pyridine rings is 1. The number of carbonyl (C=O) groups excluding carboxylic acids is 1. The van der Waals surface area contributed by atoms with Crippen LogP contribution in [0.4, 0.5) is 23.2 Å². The number of halogens is 4. The summed E-state index contributed by atoms with van der Waals surface area (Å²) in [5.41, 5.74) is 2.59. The first-order chi connectivity index (χ1) is 18.5. The topological polar surface area (TPSA) is 119 Å². The molecule has 0 radical (unpaired) electrons. The second-order valence-corrected chi connectivity index (χ2v) is 11.4. The average molecular weight is 565 g/mol. The Labute approximate surface area is 228 Å². The minimum atomic E-state index is -4.74. The van der Waals surface area contributed by atoms with E-state index in [0.29, 0.717) is 10.5 Å². The number of hydrogen-bond donors (Lipinski definition) is 2. The third-order valence-electron chi connectivity index (χ3n) is 7.08. The van der Waals surface area contributed by atoms with Crippen molar-refractivity contribution in [2.45, 2.75) is 63.9 Å². The molecule has 1 aromatic carbocycles. The predicted octanol–water partition coefficient (Wildman–Crippen LogP) is 3.27. The van der Waals surface area contributed by atoms with Gasteiger partial charge in [-0.05, 0) is 61.9 Å². The Morgan fingerprint density at radius 1 is 1.25 bits per heavy atom. The maximum atomic E-state index is 15.4. The van der Waals surface area contributed by atoms with Gasteiger partial charge in [0.1, 0.15) is 30.1 Å². The second-order valence-electron chi connectivity index (χ2n) is 11.4. The molecule has 1 aliphatic rings. The Bertz CT molecular complexity index is 1470. The second kappa shape index (κ2) is 10.3. The Kier molecular flexibility index (Phi) is 7.56. The number of alkyl halides is 3. The largest absolute Gasteiger partial charge is 0.406 e. The first kappa shape index (κ1) is 29.2. The number of anilines is 1. The lowest BCUT2D eigenvalue weighted by molar-refractivity contribution is -0.141. The Morgan fingerprint density at radius 3 is 2.45 bits per heavy atom. The van der Waals surface area contributed by atoms with E-state index in [1.54, 1.807) is 18.5 Å². The van der Waals surface area contributed by atoms with Crippen LogP contribution in [0.3, 0.4) is 0 Å². The molecule has 1 aliphatic carbocycles. The number of aromatic nitrogens is 4. The summed E-state index contributed by atoms with van der Waals surface area (Å²) >= 11 is 0. The molecular weight excluding hydrogens is 532 g/mol. The molecule has 1 fully saturated rings. The number of rotatable bonds is 9. The summed E-state index contributed by atoms with van der Waals surface area (Å²) in [4.78, 5) is 25.8. The highest BCUT2D eigenvalue weighted by Crippen LogP contribution is 2.52. The molecule has 216 valence electrons. The molecule has 1 saturated carbocycles. The molecular formula is C27H32F4N6O3. The van der Waals surface area contributed by atoms with Gasteiger partial charge in [-0.15, -0.1) is 10.2 Å². The molecule has 13 heteroatoms. The molecule has 4 rings (SSSR count). The fraction of sp³-hybridized carbons (Fsp3) is 0.481. The first-order valence-corrected chi connectivity index (χ1v) is 12.7. The number of aliphatic hydroxyl groups is 1. The van der Waals surface area contributed by atoms with Gasteiger partial charge in [0.15, 0.2) is 0 Å². The number of nitrogens with zero attached hydrogens (tertiary/aromatic N) is 5. The van der Waals surface area contributed by atoms with E-state index in [4.69, 9.17) is 5.73 Å². The van der Waals surface area contributed by atoms with Crippen molar-refractivity contribution in [3.63, 3.8) is 0 Å². The monoisotopic (exact) mass is 564 g/mol. The van der Waals surface area contributed by atoms with Gasteiger partial charge in [-0.3, -0.25) is 9.59 Å². The zero-order chi connectivity index (χ0) is 29.6. The molecule has 40 heavy (non-hydrogen) atoms. The normalized spacial score (nSPS) is 19.4. The van der Waals surface area contributed by atoms with Crippen LogP contribution in [-0.4, -0.2) is 48.7 Å². The van der Waals surface area contributed by atoms with Crippen molar-refractivity contribution in [1.82, 2.24) is 19.3 Å². The van der Waals surface area contributed by atoms with Crippen molar-refractivity contribution < 1.29 is 27.5 Å². The Hall–Kier alpha value is -3.74. The summed E-state index contributed by atoms with van der Waals surface area (Å²) in [6, 6.07) is 5.74. The minimum absolute atomic E-state index is 0.0925. The van der Waals surface area contributed by atoms with E-state index in [1.165, 1.54) is 24.8 Å². The van der Waals surface area contributed by atoms with Gasteiger partial charge in [0, 0.05) is 26.3 Å². The molecule has 3 N–H and O–H groups in total. The molecule has 0 spiro atoms. The number of aryl methyl sites for hydroxylation is 1. The molecule has 2 aromatic heterocycles. The molecule has 2 heterocycles. The predicted molar refractivity (Wildman–Crippen MR) is 139 cm³/mol. The molecule has 0 aliphatic heterocycles. The lowest BCUT2D eigenvalue weighted by atomic mass is 9.58. The molecule has 0 unspecified atom stereocenters. The number of hydrogen-bond acceptors (Lipinski definition) is 6. The summed E-state index contributed by atoms with van der Waals surface area (Å²) in [7, 11) is 1.83. The quantitative estimate of drug-likeness (QED) is 0.385. The van der Waals surface area contributed by atoms with E-state index in [-0.39, 0.29) is 24.3 Å². The van der Waals surface area contributed by atoms with E-state index in [1.807, 2.05) is 11.6 Å². The summed E-state index contributed by atoms with van der Waals surface area (Å²) in [5.74, 6) is -0.691. The van der Waals surface area contributed by atoms with Crippen LogP contribution in [0.5, 0.6) is 0 Å². The van der Waals surface area contributed by atoms with Crippen LogP contribution >= 0.6 is 0 Å². The van der Waals surface area contributed by atoms with Gasteiger partial charge in [0.2, 0.25) is 0 Å². The van der Waals surface area contributed by atoms with Crippen LogP contribution in [0.1, 0.15) is 60.9 Å². The maximum absolute atomic E-state index is 15.4. The number of carbonyl (C=O) groups is 1. The highest BCUT2D eigenvalue weighted by Gasteiger charge is 2.48. The molecule has 0 saturated heterocycles. The van der Waals surface area contributed by atoms with Gasteiger partial charge < -0.3 is 24.9 Å². The van der Waals surface area contributed by atoms with E-state index in [9.17, 15) is 27.9 Å². The van der Waals surface area contributed by atoms with Crippen molar-refractivity contribution in [3.8, 4) is 0 Å². The molecule has 0 bridgehead atoms. The van der Waals surface area contributed by atoms with Crippen LogP contribution in [0, 0.1) is 11.7 Å². The van der Waals surface area contributed by atoms with Gasteiger partial charge in [-0.25, -0.2) is 4.39 Å². The van der Waals surface area contributed by atoms with Crippen molar-refractivity contribution in [2.24, 2.45) is 18.7 Å². The van der Waals surface area contributed by atoms with Gasteiger partial charge in [-0.2, -0.15) is 13.2 Å². The lowest BCUT2D eigenvalue weighted by Crippen LogP contribution is -2.44. The smallest absolute Gasteiger partial charge is 0.389 e. The first-order valence-electron chi connectivity index (χ1n) is 12.7. The fourth-order valence-corrected chi connectivity index (χ4v) is 5.63. The van der Waals surface area contributed by atoms with Crippen molar-refractivity contribution >= 4 is 11.6 Å². The van der Waals surface area contributed by atoms with Gasteiger partial charge in [-0.1, -0.05) is 13.0 Å². The van der Waals surface area contributed by atoms with Crippen molar-refractivity contribution in [2.75, 3.05) is 11.4 Å². The van der Waals surface area contributed by atoms with Crippen molar-refractivity contribution in [1.29, 1.82) is 0 Å². The van der Waals surface area contributed by atoms with E-state index in [2.05, 4.69) is 17.1 Å². The van der Waals surface area contributed by atoms with Gasteiger partial charge in [0.25, 0.3) is 11.5 Å². The minimum Gasteiger partial charge on any atom is -0.389 e. The summed E-state index contributed by atoms with van der Waals surface area (Å²) in [5, 5.41) is 19.0. The van der Waals surface area contributed by atoms with E-state index in [0.717, 1.165) is 36.5 Å². The molecule has 9 nitrogen and oxygen atoms in total. The molecule has 0 atom stereocenters. The van der Waals surface area contributed by atoms with Crippen LogP contribution in [0.25, 0.3) is 0 Å². The maximum Gasteiger partial charge on any atom is 0.406 e. The summed E-state index contributed by atoms with van der Waals surface area (Å²) in [6.45, 7) is 3.15. The van der Waals surface area contributed by atoms with Crippen LogP contribution in [0.2, 0.25) is 0 Å². The summed E-state index contributed by atoms with van der Waals surface area (Å²) in [6.07, 6.45) is -0.674. The number of nitrogens with two attached hydrogens (primary N) is 1. The van der Waals surface area contributed by atoms with Gasteiger partial charge >= 0.3 is 6.18 Å². The van der Waals surface area contributed by atoms with E-state index >= 15 is 4.39 Å². The Morgan fingerprint density at radius 2 is 1.93 bits per heavy atom.